The summed E-state index contributed by atoms with van der Waals surface area (Å²) >= 11 is 5.90. The molecule has 3 nitrogen and oxygen atoms in total. The largest absolute Gasteiger partial charge is 0.481 e. The van der Waals surface area contributed by atoms with Crippen molar-refractivity contribution in [2.45, 2.75) is 38.5 Å². The minimum atomic E-state index is -0.748. The first-order valence-corrected chi connectivity index (χ1v) is 7.09. The van der Waals surface area contributed by atoms with Crippen LogP contribution in [0.1, 0.15) is 37.7 Å². The second-order valence-corrected chi connectivity index (χ2v) is 5.23. The molecule has 2 N–H and O–H groups in total. The van der Waals surface area contributed by atoms with E-state index in [0.29, 0.717) is 17.9 Å². The molecule has 0 amide bonds. The zero-order chi connectivity index (χ0) is 14.1. The lowest BCUT2D eigenvalue weighted by molar-refractivity contribution is -0.142. The van der Waals surface area contributed by atoms with Gasteiger partial charge in [-0.15, -0.1) is 0 Å². The molecule has 0 aromatic heterocycles. The predicted molar refractivity (Wildman–Crippen MR) is 76.5 cm³/mol. The summed E-state index contributed by atoms with van der Waals surface area (Å²) in [6, 6.07) is 7.37. The van der Waals surface area contributed by atoms with Crippen molar-refractivity contribution in [3.8, 4) is 0 Å². The van der Waals surface area contributed by atoms with Crippen molar-refractivity contribution in [2.24, 2.45) is 5.92 Å². The number of aliphatic carboxylic acids is 1. The molecule has 1 unspecified atom stereocenters. The van der Waals surface area contributed by atoms with Gasteiger partial charge in [0, 0.05) is 11.6 Å². The average molecular weight is 285 g/mol. The van der Waals surface area contributed by atoms with Gasteiger partial charge in [0.2, 0.25) is 0 Å². The van der Waals surface area contributed by atoms with Gasteiger partial charge < -0.3 is 10.2 Å². The molecule has 1 rings (SSSR count). The van der Waals surface area contributed by atoms with Crippen LogP contribution in [0, 0.1) is 5.92 Å². The maximum absolute atomic E-state index is 11.2. The number of benzene rings is 1. The summed E-state index contributed by atoms with van der Waals surface area (Å²) in [6.45, 7) is 0.213. The molecular weight excluding hydrogens is 264 g/mol. The number of unbranched alkanes of at least 4 members (excludes halogenated alkanes) is 3. The van der Waals surface area contributed by atoms with E-state index in [4.69, 9.17) is 16.7 Å². The lowest BCUT2D eigenvalue weighted by atomic mass is 9.93. The minimum absolute atomic E-state index is 0.213. The first kappa shape index (κ1) is 16.0. The van der Waals surface area contributed by atoms with Crippen molar-refractivity contribution in [3.05, 3.63) is 34.9 Å². The number of halogens is 1. The normalized spacial score (nSPS) is 12.3. The number of rotatable bonds is 9. The molecule has 0 fully saturated rings. The Kier molecular flexibility index (Phi) is 7.53. The number of carboxylic acid groups (broad SMARTS) is 1. The smallest absolute Gasteiger partial charge is 0.306 e. The van der Waals surface area contributed by atoms with Gasteiger partial charge in [0.25, 0.3) is 0 Å². The van der Waals surface area contributed by atoms with Gasteiger partial charge in [-0.2, -0.15) is 0 Å². The quantitative estimate of drug-likeness (QED) is 0.682. The van der Waals surface area contributed by atoms with E-state index >= 15 is 0 Å². The SMILES string of the molecule is O=C(O)C(CCCCCCO)Cc1cccc(Cl)c1. The average Bonchev–Trinajstić information content (AvgIpc) is 2.37. The van der Waals surface area contributed by atoms with Crippen LogP contribution in [0.5, 0.6) is 0 Å². The van der Waals surface area contributed by atoms with E-state index in [1.54, 1.807) is 6.07 Å². The monoisotopic (exact) mass is 284 g/mol. The Labute approximate surface area is 119 Å². The van der Waals surface area contributed by atoms with Gasteiger partial charge in [0.05, 0.1) is 5.92 Å². The zero-order valence-electron chi connectivity index (χ0n) is 11.0. The van der Waals surface area contributed by atoms with Gasteiger partial charge in [0.15, 0.2) is 0 Å². The van der Waals surface area contributed by atoms with Crippen LogP contribution in [0.25, 0.3) is 0 Å². The van der Waals surface area contributed by atoms with Crippen LogP contribution in [0.2, 0.25) is 5.02 Å². The minimum Gasteiger partial charge on any atom is -0.481 e. The molecular formula is C15H21ClO3. The Morgan fingerprint density at radius 3 is 2.58 bits per heavy atom. The number of hydrogen-bond acceptors (Lipinski definition) is 2. The number of aliphatic hydroxyl groups is 1. The lowest BCUT2D eigenvalue weighted by Crippen LogP contribution is -2.16. The van der Waals surface area contributed by atoms with Crippen molar-refractivity contribution in [3.63, 3.8) is 0 Å². The van der Waals surface area contributed by atoms with Crippen LogP contribution in [0.15, 0.2) is 24.3 Å². The van der Waals surface area contributed by atoms with E-state index in [0.717, 1.165) is 31.2 Å². The van der Waals surface area contributed by atoms with Gasteiger partial charge in [-0.25, -0.2) is 0 Å². The van der Waals surface area contributed by atoms with Crippen LogP contribution in [-0.4, -0.2) is 22.8 Å². The topological polar surface area (TPSA) is 57.5 Å². The highest BCUT2D eigenvalue weighted by Crippen LogP contribution is 2.19. The highest BCUT2D eigenvalue weighted by molar-refractivity contribution is 6.30. The molecule has 0 spiro atoms. The molecule has 0 aliphatic heterocycles. The Bertz CT molecular complexity index is 393. The molecule has 1 atom stereocenters. The van der Waals surface area contributed by atoms with E-state index in [1.807, 2.05) is 18.2 Å². The standard InChI is InChI=1S/C15H21ClO3/c16-14-8-5-6-12(11-14)10-13(15(18)19)7-3-1-2-4-9-17/h5-6,8,11,13,17H,1-4,7,9-10H2,(H,18,19). The highest BCUT2D eigenvalue weighted by Gasteiger charge is 2.17. The van der Waals surface area contributed by atoms with Crippen molar-refractivity contribution in [1.82, 2.24) is 0 Å². The molecule has 0 aliphatic carbocycles. The molecule has 0 heterocycles. The third-order valence-corrected chi connectivity index (χ3v) is 3.42. The van der Waals surface area contributed by atoms with Gasteiger partial charge in [-0.1, -0.05) is 43.0 Å². The molecule has 1 aromatic carbocycles. The molecule has 106 valence electrons. The van der Waals surface area contributed by atoms with Crippen LogP contribution in [-0.2, 0) is 11.2 Å². The fourth-order valence-electron chi connectivity index (χ4n) is 2.12. The Morgan fingerprint density at radius 1 is 1.21 bits per heavy atom. The molecule has 0 bridgehead atoms. The fraction of sp³-hybridized carbons (Fsp3) is 0.533. The van der Waals surface area contributed by atoms with E-state index in [9.17, 15) is 9.90 Å². The third kappa shape index (κ3) is 6.60. The molecule has 0 saturated carbocycles. The number of aliphatic hydroxyl groups excluding tert-OH is 1. The zero-order valence-corrected chi connectivity index (χ0v) is 11.8. The van der Waals surface area contributed by atoms with E-state index in [1.165, 1.54) is 0 Å². The number of carboxylic acids is 1. The summed E-state index contributed by atoms with van der Waals surface area (Å²) in [5.74, 6) is -1.10. The molecule has 0 radical (unpaired) electrons. The van der Waals surface area contributed by atoms with E-state index in [-0.39, 0.29) is 12.5 Å². The first-order valence-electron chi connectivity index (χ1n) is 6.71. The van der Waals surface area contributed by atoms with Crippen LogP contribution in [0.3, 0.4) is 0 Å². The molecule has 4 heteroatoms. The van der Waals surface area contributed by atoms with Crippen molar-refractivity contribution in [2.75, 3.05) is 6.61 Å². The van der Waals surface area contributed by atoms with Gasteiger partial charge >= 0.3 is 5.97 Å². The summed E-state index contributed by atoms with van der Waals surface area (Å²) in [4.78, 5) is 11.2. The van der Waals surface area contributed by atoms with Crippen molar-refractivity contribution >= 4 is 17.6 Å². The van der Waals surface area contributed by atoms with E-state index < -0.39 is 5.97 Å². The molecule has 0 saturated heterocycles. The summed E-state index contributed by atoms with van der Waals surface area (Å²) < 4.78 is 0. The predicted octanol–water partition coefficient (Wildman–Crippen LogP) is 3.53. The van der Waals surface area contributed by atoms with Gasteiger partial charge in [-0.3, -0.25) is 4.79 Å². The van der Waals surface area contributed by atoms with Crippen LogP contribution < -0.4 is 0 Å². The second-order valence-electron chi connectivity index (χ2n) is 4.80. The Morgan fingerprint density at radius 2 is 1.95 bits per heavy atom. The van der Waals surface area contributed by atoms with Gasteiger partial charge in [-0.05, 0) is 37.0 Å². The molecule has 0 aliphatic rings. The van der Waals surface area contributed by atoms with Crippen molar-refractivity contribution < 1.29 is 15.0 Å². The maximum Gasteiger partial charge on any atom is 0.306 e. The number of hydrogen-bond donors (Lipinski definition) is 2. The van der Waals surface area contributed by atoms with Gasteiger partial charge in [0.1, 0.15) is 0 Å². The lowest BCUT2D eigenvalue weighted by Gasteiger charge is -2.12. The van der Waals surface area contributed by atoms with Crippen molar-refractivity contribution in [1.29, 1.82) is 0 Å². The van der Waals surface area contributed by atoms with E-state index in [2.05, 4.69) is 0 Å². The fourth-order valence-corrected chi connectivity index (χ4v) is 2.33. The summed E-state index contributed by atoms with van der Waals surface area (Å²) in [7, 11) is 0. The van der Waals surface area contributed by atoms with Crippen LogP contribution >= 0.6 is 11.6 Å². The summed E-state index contributed by atoms with van der Waals surface area (Å²) in [5.41, 5.74) is 0.968. The summed E-state index contributed by atoms with van der Waals surface area (Å²) in [6.07, 6.45) is 4.81. The van der Waals surface area contributed by atoms with Crippen LogP contribution in [0.4, 0.5) is 0 Å². The highest BCUT2D eigenvalue weighted by atomic mass is 35.5. The molecule has 19 heavy (non-hydrogen) atoms. The maximum atomic E-state index is 11.2. The third-order valence-electron chi connectivity index (χ3n) is 3.18. The second kappa shape index (κ2) is 8.94. The Hall–Kier alpha value is -1.06. The first-order chi connectivity index (χ1) is 9.13. The summed E-state index contributed by atoms with van der Waals surface area (Å²) in [5, 5.41) is 18.6. The number of carbonyl (C=O) groups is 1. The Balaban J connectivity index is 2.42. The molecule has 1 aromatic rings.